The van der Waals surface area contributed by atoms with Crippen molar-refractivity contribution >= 4 is 17.7 Å². The van der Waals surface area contributed by atoms with E-state index in [0.29, 0.717) is 12.3 Å². The van der Waals surface area contributed by atoms with Gasteiger partial charge in [0.25, 0.3) is 5.69 Å². The summed E-state index contributed by atoms with van der Waals surface area (Å²) in [5, 5.41) is 36.4. The van der Waals surface area contributed by atoms with Crippen LogP contribution in [0.4, 0.5) is 5.69 Å². The maximum atomic E-state index is 10.7. The number of phenolic OH excluding ortho intramolecular Hbond substituents is 1. The van der Waals surface area contributed by atoms with Gasteiger partial charge in [-0.05, 0) is 11.6 Å². The van der Waals surface area contributed by atoms with E-state index in [1.54, 1.807) is 0 Å². The van der Waals surface area contributed by atoms with E-state index in [4.69, 9.17) is 0 Å². The van der Waals surface area contributed by atoms with E-state index in [9.17, 15) is 15.2 Å². The number of nitrogens with zero attached hydrogens (tertiary/aromatic N) is 5. The first-order chi connectivity index (χ1) is 11.6. The van der Waals surface area contributed by atoms with Crippen LogP contribution in [0.2, 0.25) is 0 Å². The molecular formula is C16H13N5O3. The molecule has 0 aromatic heterocycles. The summed E-state index contributed by atoms with van der Waals surface area (Å²) in [6, 6.07) is 13.3. The van der Waals surface area contributed by atoms with Crippen molar-refractivity contribution in [2.24, 2.45) is 20.4 Å². The minimum atomic E-state index is -0.543. The predicted molar refractivity (Wildman–Crippen MR) is 88.4 cm³/mol. The largest absolute Gasteiger partial charge is 0.507 e. The zero-order valence-electron chi connectivity index (χ0n) is 12.5. The van der Waals surface area contributed by atoms with Crippen LogP contribution in [0.1, 0.15) is 23.6 Å². The van der Waals surface area contributed by atoms with Gasteiger partial charge in [-0.1, -0.05) is 30.3 Å². The first kappa shape index (κ1) is 15.5. The number of hydrogen-bond acceptors (Lipinski definition) is 6. The standard InChI is InChI=1S/C16H13N5O3/c22-15-7-6-13(21(23)24)8-12(15)10-17-19-16-9-14(18-20-16)11-4-2-1-3-5-11/h1-8,10,14,22H,9H2/b17-10+,19-16?. The zero-order chi connectivity index (χ0) is 16.9. The summed E-state index contributed by atoms with van der Waals surface area (Å²) < 4.78 is 0. The molecular weight excluding hydrogens is 310 g/mol. The molecule has 24 heavy (non-hydrogen) atoms. The summed E-state index contributed by atoms with van der Waals surface area (Å²) in [4.78, 5) is 10.2. The Bertz CT molecular complexity index is 846. The molecule has 2 aromatic carbocycles. The molecule has 0 spiro atoms. The monoisotopic (exact) mass is 323 g/mol. The molecule has 0 bridgehead atoms. The molecule has 8 nitrogen and oxygen atoms in total. The quantitative estimate of drug-likeness (QED) is 0.526. The van der Waals surface area contributed by atoms with Crippen LogP contribution in [0.5, 0.6) is 5.75 Å². The van der Waals surface area contributed by atoms with Crippen LogP contribution in [-0.4, -0.2) is 22.1 Å². The highest BCUT2D eigenvalue weighted by Gasteiger charge is 2.19. The first-order valence-electron chi connectivity index (χ1n) is 7.16. The summed E-state index contributed by atoms with van der Waals surface area (Å²) >= 11 is 0. The van der Waals surface area contributed by atoms with Gasteiger partial charge in [0.2, 0.25) is 0 Å². The summed E-state index contributed by atoms with van der Waals surface area (Å²) in [5.74, 6) is 0.352. The predicted octanol–water partition coefficient (Wildman–Crippen LogP) is 3.63. The van der Waals surface area contributed by atoms with E-state index in [2.05, 4.69) is 20.4 Å². The van der Waals surface area contributed by atoms with E-state index < -0.39 is 4.92 Å². The average molecular weight is 323 g/mol. The fraction of sp³-hybridized carbons (Fsp3) is 0.125. The number of azo groups is 1. The molecule has 0 aliphatic carbocycles. The summed E-state index contributed by atoms with van der Waals surface area (Å²) in [5.41, 5.74) is 1.13. The van der Waals surface area contributed by atoms with Crippen molar-refractivity contribution in [2.45, 2.75) is 12.5 Å². The van der Waals surface area contributed by atoms with Crippen molar-refractivity contribution in [1.29, 1.82) is 0 Å². The molecule has 1 heterocycles. The molecule has 1 unspecified atom stereocenters. The molecule has 0 saturated carbocycles. The Hall–Kier alpha value is -3.42. The smallest absolute Gasteiger partial charge is 0.270 e. The number of amidine groups is 1. The molecule has 0 amide bonds. The third-order valence-electron chi connectivity index (χ3n) is 3.46. The lowest BCUT2D eigenvalue weighted by molar-refractivity contribution is -0.384. The van der Waals surface area contributed by atoms with Crippen molar-refractivity contribution in [1.82, 2.24) is 0 Å². The van der Waals surface area contributed by atoms with Gasteiger partial charge in [0.1, 0.15) is 11.8 Å². The number of nitro groups is 1. The Balaban J connectivity index is 1.71. The average Bonchev–Trinajstić information content (AvgIpc) is 3.06. The summed E-state index contributed by atoms with van der Waals surface area (Å²) in [6.07, 6.45) is 1.78. The first-order valence-corrected chi connectivity index (χ1v) is 7.16. The lowest BCUT2D eigenvalue weighted by atomic mass is 10.1. The molecule has 120 valence electrons. The number of non-ortho nitro benzene ring substituents is 1. The minimum absolute atomic E-state index is 0.0774. The van der Waals surface area contributed by atoms with Crippen molar-refractivity contribution in [2.75, 3.05) is 0 Å². The van der Waals surface area contributed by atoms with Crippen molar-refractivity contribution < 1.29 is 10.0 Å². The van der Waals surface area contributed by atoms with Crippen molar-refractivity contribution in [3.05, 3.63) is 69.8 Å². The SMILES string of the molecule is O=[N+]([O-])c1ccc(O)c(/C=N/N=C2CC(c3ccccc3)N=N2)c1. The van der Waals surface area contributed by atoms with Gasteiger partial charge in [0, 0.05) is 24.1 Å². The van der Waals surface area contributed by atoms with Crippen LogP contribution in [0.25, 0.3) is 0 Å². The molecule has 3 rings (SSSR count). The Kier molecular flexibility index (Phi) is 4.37. The normalized spacial score (nSPS) is 18.5. The Morgan fingerprint density at radius 1 is 1.25 bits per heavy atom. The Morgan fingerprint density at radius 3 is 2.79 bits per heavy atom. The number of aromatic hydroxyl groups is 1. The van der Waals surface area contributed by atoms with E-state index >= 15 is 0 Å². The number of nitro benzene ring substituents is 1. The number of benzene rings is 2. The van der Waals surface area contributed by atoms with Crippen LogP contribution >= 0.6 is 0 Å². The second kappa shape index (κ2) is 6.78. The van der Waals surface area contributed by atoms with E-state index in [1.807, 2.05) is 30.3 Å². The molecule has 1 aliphatic heterocycles. The van der Waals surface area contributed by atoms with Crippen LogP contribution < -0.4 is 0 Å². The van der Waals surface area contributed by atoms with Crippen molar-refractivity contribution in [3.63, 3.8) is 0 Å². The number of hydrogen-bond donors (Lipinski definition) is 1. The highest BCUT2D eigenvalue weighted by Crippen LogP contribution is 2.27. The van der Waals surface area contributed by atoms with Gasteiger partial charge in [-0.15, -0.1) is 10.2 Å². The van der Waals surface area contributed by atoms with Gasteiger partial charge in [-0.2, -0.15) is 10.2 Å². The van der Waals surface area contributed by atoms with Gasteiger partial charge in [0.15, 0.2) is 5.84 Å². The summed E-state index contributed by atoms with van der Waals surface area (Å²) in [7, 11) is 0. The van der Waals surface area contributed by atoms with Gasteiger partial charge in [-0.3, -0.25) is 10.1 Å². The highest BCUT2D eigenvalue weighted by atomic mass is 16.6. The third-order valence-corrected chi connectivity index (χ3v) is 3.46. The molecule has 1 N–H and O–H groups in total. The maximum absolute atomic E-state index is 10.7. The third kappa shape index (κ3) is 3.49. The molecule has 2 aromatic rings. The van der Waals surface area contributed by atoms with Crippen LogP contribution in [-0.2, 0) is 0 Å². The van der Waals surface area contributed by atoms with Crippen LogP contribution in [0.3, 0.4) is 0 Å². The molecule has 1 aliphatic rings. The highest BCUT2D eigenvalue weighted by molar-refractivity contribution is 5.87. The fourth-order valence-corrected chi connectivity index (χ4v) is 2.23. The lowest BCUT2D eigenvalue weighted by Gasteiger charge is -2.02. The van der Waals surface area contributed by atoms with Gasteiger partial charge < -0.3 is 5.11 Å². The zero-order valence-corrected chi connectivity index (χ0v) is 12.5. The molecule has 1 atom stereocenters. The second-order valence-corrected chi connectivity index (χ2v) is 5.11. The van der Waals surface area contributed by atoms with Crippen LogP contribution in [0, 0.1) is 10.1 Å². The summed E-state index contributed by atoms with van der Waals surface area (Å²) in [6.45, 7) is 0. The minimum Gasteiger partial charge on any atom is -0.507 e. The van der Waals surface area contributed by atoms with Gasteiger partial charge in [0.05, 0.1) is 11.1 Å². The molecule has 0 saturated heterocycles. The van der Waals surface area contributed by atoms with E-state index in [1.165, 1.54) is 24.4 Å². The molecule has 0 fully saturated rings. The lowest BCUT2D eigenvalue weighted by Crippen LogP contribution is -1.95. The fourth-order valence-electron chi connectivity index (χ4n) is 2.23. The van der Waals surface area contributed by atoms with Gasteiger partial charge >= 0.3 is 0 Å². The maximum Gasteiger partial charge on any atom is 0.270 e. The topological polar surface area (TPSA) is 113 Å². The van der Waals surface area contributed by atoms with E-state index in [-0.39, 0.29) is 23.0 Å². The Morgan fingerprint density at radius 2 is 2.04 bits per heavy atom. The van der Waals surface area contributed by atoms with Crippen molar-refractivity contribution in [3.8, 4) is 5.75 Å². The molecule has 0 radical (unpaired) electrons. The Labute approximate surface area is 137 Å². The number of phenols is 1. The second-order valence-electron chi connectivity index (χ2n) is 5.11. The van der Waals surface area contributed by atoms with Crippen LogP contribution in [0.15, 0.2) is 69.0 Å². The van der Waals surface area contributed by atoms with Gasteiger partial charge in [-0.25, -0.2) is 0 Å². The molecule has 8 heteroatoms. The number of rotatable bonds is 4. The van der Waals surface area contributed by atoms with E-state index in [0.717, 1.165) is 5.56 Å².